The van der Waals surface area contributed by atoms with Crippen molar-refractivity contribution in [2.45, 2.75) is 31.1 Å². The first kappa shape index (κ1) is 10.5. The van der Waals surface area contributed by atoms with Gasteiger partial charge in [0.25, 0.3) is 0 Å². The van der Waals surface area contributed by atoms with Gasteiger partial charge in [0, 0.05) is 12.5 Å². The second kappa shape index (κ2) is 4.21. The summed E-state index contributed by atoms with van der Waals surface area (Å²) >= 11 is 3.81. The van der Waals surface area contributed by atoms with Crippen LogP contribution in [0.5, 0.6) is 0 Å². The van der Waals surface area contributed by atoms with Crippen LogP contribution in [0.1, 0.15) is 30.5 Å². The van der Waals surface area contributed by atoms with Gasteiger partial charge in [-0.2, -0.15) is 0 Å². The summed E-state index contributed by atoms with van der Waals surface area (Å²) in [6.07, 6.45) is 2.58. The van der Waals surface area contributed by atoms with E-state index in [9.17, 15) is 0 Å². The van der Waals surface area contributed by atoms with Crippen molar-refractivity contribution in [1.29, 1.82) is 0 Å². The minimum absolute atomic E-state index is 0.274. The van der Waals surface area contributed by atoms with Gasteiger partial charge >= 0.3 is 0 Å². The summed E-state index contributed by atoms with van der Waals surface area (Å²) in [5.41, 5.74) is 1.07. The molecule has 2 heterocycles. The molecule has 0 N–H and O–H groups in total. The zero-order valence-electron chi connectivity index (χ0n) is 8.58. The van der Waals surface area contributed by atoms with Gasteiger partial charge < -0.3 is 4.74 Å². The summed E-state index contributed by atoms with van der Waals surface area (Å²) in [5, 5.41) is 3.38. The predicted molar refractivity (Wildman–Crippen MR) is 61.9 cm³/mol. The first-order valence-corrected chi connectivity index (χ1v) is 6.69. The van der Waals surface area contributed by atoms with E-state index >= 15 is 0 Å². The Kier molecular flexibility index (Phi) is 3.14. The van der Waals surface area contributed by atoms with E-state index in [-0.39, 0.29) is 4.75 Å². The summed E-state index contributed by atoms with van der Waals surface area (Å²) in [6.45, 7) is 2.94. The molecule has 0 bridgehead atoms. The summed E-state index contributed by atoms with van der Waals surface area (Å²) in [5.74, 6) is 1.27. The van der Waals surface area contributed by atoms with Gasteiger partial charge in [-0.25, -0.2) is 4.98 Å². The van der Waals surface area contributed by atoms with Crippen LogP contribution in [0, 0.1) is 0 Å². The lowest BCUT2D eigenvalue weighted by Crippen LogP contribution is -2.12. The Bertz CT molecular complexity index is 305. The standard InChI is InChI=1S/C10H15NOS2/c1-10(4-3-5-14-10)9-11-8(6-12-2)7-13-9/h7H,3-6H2,1-2H3. The number of thioether (sulfide) groups is 1. The van der Waals surface area contributed by atoms with Gasteiger partial charge in [-0.3, -0.25) is 0 Å². The Hall–Kier alpha value is -0.0600. The zero-order valence-corrected chi connectivity index (χ0v) is 10.2. The van der Waals surface area contributed by atoms with E-state index in [1.54, 1.807) is 18.4 Å². The summed E-state index contributed by atoms with van der Waals surface area (Å²) in [4.78, 5) is 4.63. The number of hydrogen-bond donors (Lipinski definition) is 0. The normalized spacial score (nSPS) is 27.0. The molecule has 14 heavy (non-hydrogen) atoms. The van der Waals surface area contributed by atoms with Crippen molar-refractivity contribution in [3.8, 4) is 0 Å². The van der Waals surface area contributed by atoms with Crippen LogP contribution >= 0.6 is 23.1 Å². The molecule has 1 aromatic heterocycles. The molecule has 0 amide bonds. The van der Waals surface area contributed by atoms with Crippen molar-refractivity contribution in [3.63, 3.8) is 0 Å². The van der Waals surface area contributed by atoms with Crippen LogP contribution in [0.15, 0.2) is 5.38 Å². The number of methoxy groups -OCH3 is 1. The van der Waals surface area contributed by atoms with Gasteiger partial charge in [0.05, 0.1) is 17.0 Å². The maximum atomic E-state index is 5.07. The van der Waals surface area contributed by atoms with Crippen molar-refractivity contribution in [1.82, 2.24) is 4.98 Å². The molecule has 0 aliphatic carbocycles. The molecule has 4 heteroatoms. The fraction of sp³-hybridized carbons (Fsp3) is 0.700. The third-order valence-corrected chi connectivity index (χ3v) is 5.33. The van der Waals surface area contributed by atoms with Crippen molar-refractivity contribution in [3.05, 3.63) is 16.1 Å². The van der Waals surface area contributed by atoms with Crippen LogP contribution in [0.3, 0.4) is 0 Å². The molecule has 1 aliphatic rings. The molecule has 1 aromatic rings. The number of hydrogen-bond acceptors (Lipinski definition) is 4. The monoisotopic (exact) mass is 229 g/mol. The fourth-order valence-electron chi connectivity index (χ4n) is 1.71. The lowest BCUT2D eigenvalue weighted by Gasteiger charge is -2.18. The molecule has 0 saturated carbocycles. The topological polar surface area (TPSA) is 22.1 Å². The first-order valence-electron chi connectivity index (χ1n) is 4.82. The highest BCUT2D eigenvalue weighted by atomic mass is 32.2. The smallest absolute Gasteiger partial charge is 0.109 e. The highest BCUT2D eigenvalue weighted by molar-refractivity contribution is 8.00. The van der Waals surface area contributed by atoms with Gasteiger partial charge in [0.15, 0.2) is 0 Å². The van der Waals surface area contributed by atoms with Gasteiger partial charge in [-0.15, -0.1) is 23.1 Å². The molecule has 0 radical (unpaired) electrons. The fourth-order valence-corrected chi connectivity index (χ4v) is 4.12. The maximum absolute atomic E-state index is 5.07. The third-order valence-electron chi connectivity index (χ3n) is 2.52. The minimum Gasteiger partial charge on any atom is -0.378 e. The Balaban J connectivity index is 2.15. The number of aromatic nitrogens is 1. The third kappa shape index (κ3) is 1.97. The number of thiazole rings is 1. The zero-order chi connectivity index (χ0) is 10.0. The Morgan fingerprint density at radius 1 is 1.64 bits per heavy atom. The maximum Gasteiger partial charge on any atom is 0.109 e. The average molecular weight is 229 g/mol. The van der Waals surface area contributed by atoms with Crippen molar-refractivity contribution in [2.75, 3.05) is 12.9 Å². The van der Waals surface area contributed by atoms with Crippen LogP contribution in [-0.4, -0.2) is 17.8 Å². The van der Waals surface area contributed by atoms with Gasteiger partial charge in [0.1, 0.15) is 5.01 Å². The lowest BCUT2D eigenvalue weighted by molar-refractivity contribution is 0.182. The van der Waals surface area contributed by atoms with Crippen LogP contribution in [0.4, 0.5) is 0 Å². The molecule has 0 aromatic carbocycles. The molecular weight excluding hydrogens is 214 g/mol. The number of ether oxygens (including phenoxy) is 1. The molecule has 1 aliphatic heterocycles. The number of rotatable bonds is 3. The van der Waals surface area contributed by atoms with Gasteiger partial charge in [-0.1, -0.05) is 0 Å². The molecule has 78 valence electrons. The molecule has 1 atom stereocenters. The van der Waals surface area contributed by atoms with Crippen LogP contribution in [0.25, 0.3) is 0 Å². The van der Waals surface area contributed by atoms with E-state index in [1.807, 2.05) is 11.8 Å². The summed E-state index contributed by atoms with van der Waals surface area (Å²) < 4.78 is 5.35. The van der Waals surface area contributed by atoms with Crippen molar-refractivity contribution in [2.24, 2.45) is 0 Å². The van der Waals surface area contributed by atoms with Gasteiger partial charge in [0.2, 0.25) is 0 Å². The highest BCUT2D eigenvalue weighted by Crippen LogP contribution is 2.47. The molecule has 1 fully saturated rings. The van der Waals surface area contributed by atoms with E-state index in [2.05, 4.69) is 17.3 Å². The van der Waals surface area contributed by atoms with Crippen molar-refractivity contribution >= 4 is 23.1 Å². The molecule has 1 saturated heterocycles. The van der Waals surface area contributed by atoms with E-state index in [0.29, 0.717) is 6.61 Å². The minimum atomic E-state index is 0.274. The van der Waals surface area contributed by atoms with E-state index < -0.39 is 0 Å². The van der Waals surface area contributed by atoms with E-state index in [1.165, 1.54) is 23.6 Å². The SMILES string of the molecule is COCc1csc(C2(C)CCCS2)n1. The Labute approximate surface area is 93.1 Å². The van der Waals surface area contributed by atoms with E-state index in [0.717, 1.165) is 5.69 Å². The van der Waals surface area contributed by atoms with Crippen LogP contribution in [0.2, 0.25) is 0 Å². The van der Waals surface area contributed by atoms with E-state index in [4.69, 9.17) is 4.74 Å². The quantitative estimate of drug-likeness (QED) is 0.795. The van der Waals surface area contributed by atoms with Crippen molar-refractivity contribution < 1.29 is 4.74 Å². The Morgan fingerprint density at radius 2 is 2.50 bits per heavy atom. The second-order valence-electron chi connectivity index (χ2n) is 3.76. The first-order chi connectivity index (χ1) is 6.74. The lowest BCUT2D eigenvalue weighted by atomic mass is 10.1. The Morgan fingerprint density at radius 3 is 3.14 bits per heavy atom. The molecule has 0 spiro atoms. The molecular formula is C10H15NOS2. The molecule has 1 unspecified atom stereocenters. The molecule has 2 rings (SSSR count). The molecule has 2 nitrogen and oxygen atoms in total. The number of nitrogens with zero attached hydrogens (tertiary/aromatic N) is 1. The van der Waals surface area contributed by atoms with Gasteiger partial charge in [-0.05, 0) is 25.5 Å². The largest absolute Gasteiger partial charge is 0.378 e. The van der Waals surface area contributed by atoms with Crippen LogP contribution < -0.4 is 0 Å². The summed E-state index contributed by atoms with van der Waals surface area (Å²) in [6, 6.07) is 0. The second-order valence-corrected chi connectivity index (χ2v) is 6.22. The predicted octanol–water partition coefficient (Wildman–Crippen LogP) is 3.03. The average Bonchev–Trinajstić information content (AvgIpc) is 2.75. The van der Waals surface area contributed by atoms with Crippen LogP contribution in [-0.2, 0) is 16.1 Å². The highest BCUT2D eigenvalue weighted by Gasteiger charge is 2.34. The summed E-state index contributed by atoms with van der Waals surface area (Å²) in [7, 11) is 1.71.